The molecule has 20 heavy (non-hydrogen) atoms. The Hall–Kier alpha value is -0.770. The fraction of sp³-hybridized carbons (Fsp3) is 0.625. The Labute approximate surface area is 127 Å². The average molecular weight is 296 g/mol. The summed E-state index contributed by atoms with van der Waals surface area (Å²) in [5, 5.41) is 4.28. The van der Waals surface area contributed by atoms with Crippen LogP contribution in [0.15, 0.2) is 18.2 Å². The molecule has 0 bridgehead atoms. The second-order valence-electron chi connectivity index (χ2n) is 5.60. The minimum atomic E-state index is 0.857. The SMILES string of the molecule is CCCNCc1ccc(N2CCCN(C)CC2)cc1Cl. The van der Waals surface area contributed by atoms with Gasteiger partial charge < -0.3 is 15.1 Å². The van der Waals surface area contributed by atoms with Crippen LogP contribution < -0.4 is 10.2 Å². The van der Waals surface area contributed by atoms with Gasteiger partial charge in [0, 0.05) is 36.9 Å². The minimum absolute atomic E-state index is 0.857. The second kappa shape index (κ2) is 7.87. The Bertz CT molecular complexity index is 422. The Morgan fingerprint density at radius 2 is 2.05 bits per heavy atom. The molecular formula is C16H26ClN3. The van der Waals surface area contributed by atoms with Gasteiger partial charge in [-0.15, -0.1) is 0 Å². The van der Waals surface area contributed by atoms with Crippen molar-refractivity contribution in [2.24, 2.45) is 0 Å². The Morgan fingerprint density at radius 3 is 2.80 bits per heavy atom. The predicted octanol–water partition coefficient (Wildman–Crippen LogP) is 2.98. The molecule has 0 atom stereocenters. The van der Waals surface area contributed by atoms with E-state index in [4.69, 9.17) is 11.6 Å². The topological polar surface area (TPSA) is 18.5 Å². The lowest BCUT2D eigenvalue weighted by Crippen LogP contribution is -2.28. The molecule has 2 rings (SSSR count). The van der Waals surface area contributed by atoms with E-state index in [0.29, 0.717) is 0 Å². The molecule has 3 nitrogen and oxygen atoms in total. The first-order valence-corrected chi connectivity index (χ1v) is 8.01. The van der Waals surface area contributed by atoms with E-state index in [1.54, 1.807) is 0 Å². The number of rotatable bonds is 5. The molecule has 1 heterocycles. The highest BCUT2D eigenvalue weighted by Crippen LogP contribution is 2.24. The third kappa shape index (κ3) is 4.37. The standard InChI is InChI=1S/C16H26ClN3/c1-3-7-18-13-14-5-6-15(12-16(14)17)20-9-4-8-19(2)10-11-20/h5-6,12,18H,3-4,7-11,13H2,1-2H3. The molecule has 1 aliphatic rings. The van der Waals surface area contributed by atoms with Crippen LogP contribution in [-0.2, 0) is 6.54 Å². The fourth-order valence-electron chi connectivity index (χ4n) is 2.58. The van der Waals surface area contributed by atoms with Gasteiger partial charge in [0.15, 0.2) is 0 Å². The number of hydrogen-bond donors (Lipinski definition) is 1. The molecule has 0 unspecified atom stereocenters. The minimum Gasteiger partial charge on any atom is -0.370 e. The largest absolute Gasteiger partial charge is 0.370 e. The van der Waals surface area contributed by atoms with Crippen LogP contribution in [0, 0.1) is 0 Å². The van der Waals surface area contributed by atoms with Gasteiger partial charge in [-0.1, -0.05) is 24.6 Å². The number of nitrogens with one attached hydrogen (secondary N) is 1. The number of likely N-dealkylation sites (N-methyl/N-ethyl adjacent to an activating group) is 1. The zero-order chi connectivity index (χ0) is 14.4. The molecular weight excluding hydrogens is 270 g/mol. The maximum absolute atomic E-state index is 6.42. The van der Waals surface area contributed by atoms with Crippen LogP contribution in [0.5, 0.6) is 0 Å². The van der Waals surface area contributed by atoms with Crippen LogP contribution in [-0.4, -0.2) is 44.7 Å². The first-order valence-electron chi connectivity index (χ1n) is 7.63. The smallest absolute Gasteiger partial charge is 0.0471 e. The van der Waals surface area contributed by atoms with Crippen molar-refractivity contribution in [3.63, 3.8) is 0 Å². The summed E-state index contributed by atoms with van der Waals surface area (Å²) in [6.45, 7) is 8.58. The van der Waals surface area contributed by atoms with Crippen LogP contribution >= 0.6 is 11.6 Å². The maximum atomic E-state index is 6.42. The van der Waals surface area contributed by atoms with Gasteiger partial charge in [0.1, 0.15) is 0 Å². The molecule has 0 aromatic heterocycles. The summed E-state index contributed by atoms with van der Waals surface area (Å²) in [5.41, 5.74) is 2.44. The first-order chi connectivity index (χ1) is 9.70. The Balaban J connectivity index is 2.00. The molecule has 1 saturated heterocycles. The zero-order valence-electron chi connectivity index (χ0n) is 12.7. The van der Waals surface area contributed by atoms with Crippen molar-refractivity contribution in [3.8, 4) is 0 Å². The van der Waals surface area contributed by atoms with Crippen molar-refractivity contribution in [2.75, 3.05) is 44.7 Å². The van der Waals surface area contributed by atoms with Gasteiger partial charge in [-0.3, -0.25) is 0 Å². The van der Waals surface area contributed by atoms with E-state index in [1.165, 1.54) is 24.2 Å². The monoisotopic (exact) mass is 295 g/mol. The van der Waals surface area contributed by atoms with E-state index in [0.717, 1.165) is 44.2 Å². The van der Waals surface area contributed by atoms with Gasteiger partial charge in [0.25, 0.3) is 0 Å². The highest BCUT2D eigenvalue weighted by atomic mass is 35.5. The first kappa shape index (κ1) is 15.6. The number of benzene rings is 1. The Kier molecular flexibility index (Phi) is 6.14. The van der Waals surface area contributed by atoms with E-state index in [9.17, 15) is 0 Å². The quantitative estimate of drug-likeness (QED) is 0.843. The predicted molar refractivity (Wildman–Crippen MR) is 87.8 cm³/mol. The molecule has 0 amide bonds. The van der Waals surface area contributed by atoms with Gasteiger partial charge in [-0.05, 0) is 50.7 Å². The normalized spacial score (nSPS) is 17.2. The van der Waals surface area contributed by atoms with E-state index >= 15 is 0 Å². The van der Waals surface area contributed by atoms with Gasteiger partial charge in [0.2, 0.25) is 0 Å². The van der Waals surface area contributed by atoms with Gasteiger partial charge in [0.05, 0.1) is 0 Å². The molecule has 0 spiro atoms. The fourth-order valence-corrected chi connectivity index (χ4v) is 2.82. The van der Waals surface area contributed by atoms with Crippen LogP contribution in [0.4, 0.5) is 5.69 Å². The Morgan fingerprint density at radius 1 is 1.20 bits per heavy atom. The van der Waals surface area contributed by atoms with E-state index in [-0.39, 0.29) is 0 Å². The third-order valence-electron chi connectivity index (χ3n) is 3.86. The molecule has 0 saturated carbocycles. The van der Waals surface area contributed by atoms with Gasteiger partial charge in [-0.25, -0.2) is 0 Å². The second-order valence-corrected chi connectivity index (χ2v) is 6.00. The highest BCUT2D eigenvalue weighted by molar-refractivity contribution is 6.31. The molecule has 1 fully saturated rings. The molecule has 0 radical (unpaired) electrons. The van der Waals surface area contributed by atoms with Crippen molar-refractivity contribution in [1.29, 1.82) is 0 Å². The van der Waals surface area contributed by atoms with Crippen molar-refractivity contribution in [2.45, 2.75) is 26.3 Å². The number of halogens is 1. The summed E-state index contributed by atoms with van der Waals surface area (Å²) in [4.78, 5) is 4.84. The third-order valence-corrected chi connectivity index (χ3v) is 4.22. The van der Waals surface area contributed by atoms with E-state index in [1.807, 2.05) is 0 Å². The van der Waals surface area contributed by atoms with Crippen molar-refractivity contribution >= 4 is 17.3 Å². The van der Waals surface area contributed by atoms with Crippen LogP contribution in [0.1, 0.15) is 25.3 Å². The lowest BCUT2D eigenvalue weighted by atomic mass is 10.2. The molecule has 1 aliphatic heterocycles. The molecule has 1 aromatic carbocycles. The van der Waals surface area contributed by atoms with Crippen molar-refractivity contribution < 1.29 is 0 Å². The molecule has 1 aromatic rings. The van der Waals surface area contributed by atoms with Crippen LogP contribution in [0.3, 0.4) is 0 Å². The van der Waals surface area contributed by atoms with Crippen LogP contribution in [0.25, 0.3) is 0 Å². The summed E-state index contributed by atoms with van der Waals surface area (Å²) in [6.07, 6.45) is 2.37. The lowest BCUT2D eigenvalue weighted by molar-refractivity contribution is 0.360. The molecule has 0 aliphatic carbocycles. The molecule has 1 N–H and O–H groups in total. The summed E-state index contributed by atoms with van der Waals surface area (Å²) in [6, 6.07) is 6.49. The summed E-state index contributed by atoms with van der Waals surface area (Å²) >= 11 is 6.42. The zero-order valence-corrected chi connectivity index (χ0v) is 13.4. The summed E-state index contributed by atoms with van der Waals surface area (Å²) in [5.74, 6) is 0. The molecule has 4 heteroatoms. The van der Waals surface area contributed by atoms with Crippen molar-refractivity contribution in [1.82, 2.24) is 10.2 Å². The van der Waals surface area contributed by atoms with Crippen molar-refractivity contribution in [3.05, 3.63) is 28.8 Å². The van der Waals surface area contributed by atoms with Gasteiger partial charge in [-0.2, -0.15) is 0 Å². The number of hydrogen-bond acceptors (Lipinski definition) is 3. The molecule has 112 valence electrons. The van der Waals surface area contributed by atoms with Crippen LogP contribution in [0.2, 0.25) is 5.02 Å². The van der Waals surface area contributed by atoms with E-state index in [2.05, 4.69) is 47.3 Å². The number of anilines is 1. The average Bonchev–Trinajstić information content (AvgIpc) is 2.65. The van der Waals surface area contributed by atoms with E-state index < -0.39 is 0 Å². The highest BCUT2D eigenvalue weighted by Gasteiger charge is 2.13. The summed E-state index contributed by atoms with van der Waals surface area (Å²) < 4.78 is 0. The maximum Gasteiger partial charge on any atom is 0.0471 e. The summed E-state index contributed by atoms with van der Waals surface area (Å²) in [7, 11) is 2.19. The van der Waals surface area contributed by atoms with Gasteiger partial charge >= 0.3 is 0 Å². The lowest BCUT2D eigenvalue weighted by Gasteiger charge is -2.23. The number of nitrogens with zero attached hydrogens (tertiary/aromatic N) is 2.